The van der Waals surface area contributed by atoms with Crippen LogP contribution in [0.4, 0.5) is 0 Å². The number of carboxylic acids is 1. The molecule has 0 aliphatic heterocycles. The Kier molecular flexibility index (Phi) is 8.57. The quantitative estimate of drug-likeness (QED) is 0.781. The molecule has 0 spiro atoms. The molecule has 0 saturated carbocycles. The summed E-state index contributed by atoms with van der Waals surface area (Å²) in [5, 5.41) is 10.3. The topological polar surface area (TPSA) is 48.9 Å². The van der Waals surface area contributed by atoms with E-state index in [4.69, 9.17) is 0 Å². The number of carboxylic acid groups (broad SMARTS) is 1. The number of hydrogen-bond acceptors (Lipinski definition) is 2. The number of rotatable bonds is 5. The first-order valence-electron chi connectivity index (χ1n) is 8.74. The van der Waals surface area contributed by atoms with Gasteiger partial charge >= 0.3 is 0 Å². The number of aliphatic carboxylic acids is 1. The number of nitrogens with zero attached hydrogens (tertiary/aromatic N) is 2. The molecule has 1 rings (SSSR count). The van der Waals surface area contributed by atoms with Crippen molar-refractivity contribution in [2.24, 2.45) is 5.92 Å². The maximum absolute atomic E-state index is 10.3. The Hall–Kier alpha value is -1.32. The summed E-state index contributed by atoms with van der Waals surface area (Å²) in [6, 6.07) is 0. The Balaban J connectivity index is 0.000000438. The molecule has 0 fully saturated rings. The summed E-state index contributed by atoms with van der Waals surface area (Å²) in [5.74, 6) is -1.11. The third kappa shape index (κ3) is 8.19. The fourth-order valence-corrected chi connectivity index (χ4v) is 2.09. The van der Waals surface area contributed by atoms with Crippen molar-refractivity contribution >= 4 is 5.97 Å². The molecule has 0 aromatic carbocycles. The molecular weight excluding hydrogens is 288 g/mol. The number of imidazole rings is 1. The number of carbonyl (C=O) groups excluding carboxylic acids is 1. The van der Waals surface area contributed by atoms with Gasteiger partial charge in [0.15, 0.2) is 0 Å². The van der Waals surface area contributed by atoms with Crippen LogP contribution in [0.2, 0.25) is 0 Å². The highest BCUT2D eigenvalue weighted by molar-refractivity contribution is 5.67. The van der Waals surface area contributed by atoms with Gasteiger partial charge in [-0.1, -0.05) is 26.7 Å². The Labute approximate surface area is 142 Å². The summed E-state index contributed by atoms with van der Waals surface area (Å²) in [6.45, 7) is 17.2. The van der Waals surface area contributed by atoms with Crippen molar-refractivity contribution in [3.05, 3.63) is 18.7 Å². The van der Waals surface area contributed by atoms with Crippen molar-refractivity contribution in [1.82, 2.24) is 4.57 Å². The molecule has 0 bridgehead atoms. The van der Waals surface area contributed by atoms with Crippen LogP contribution in [-0.2, 0) is 15.9 Å². The molecule has 0 aliphatic carbocycles. The van der Waals surface area contributed by atoms with Crippen LogP contribution in [0.25, 0.3) is 0 Å². The van der Waals surface area contributed by atoms with Gasteiger partial charge in [-0.05, 0) is 60.3 Å². The minimum atomic E-state index is -0.893. The summed E-state index contributed by atoms with van der Waals surface area (Å²) < 4.78 is 4.47. The van der Waals surface area contributed by atoms with Crippen molar-refractivity contribution in [2.45, 2.75) is 92.2 Å². The molecule has 0 aliphatic rings. The van der Waals surface area contributed by atoms with E-state index in [0.717, 1.165) is 19.3 Å². The molecule has 1 unspecified atom stereocenters. The van der Waals surface area contributed by atoms with E-state index in [1.807, 2.05) is 6.92 Å². The van der Waals surface area contributed by atoms with Crippen LogP contribution in [0, 0.1) is 5.92 Å². The zero-order valence-corrected chi connectivity index (χ0v) is 16.3. The third-order valence-corrected chi connectivity index (χ3v) is 3.92. The van der Waals surface area contributed by atoms with Gasteiger partial charge in [0.1, 0.15) is 23.5 Å². The maximum Gasteiger partial charge on any atom is 0.244 e. The van der Waals surface area contributed by atoms with Gasteiger partial charge in [0.2, 0.25) is 6.33 Å². The highest BCUT2D eigenvalue weighted by atomic mass is 16.4. The van der Waals surface area contributed by atoms with Crippen LogP contribution in [0.15, 0.2) is 18.7 Å². The molecular formula is C19H36N2O2. The fraction of sp³-hybridized carbons (Fsp3) is 0.789. The lowest BCUT2D eigenvalue weighted by atomic mass is 10.00. The van der Waals surface area contributed by atoms with Crippen molar-refractivity contribution in [3.63, 3.8) is 0 Å². The van der Waals surface area contributed by atoms with Crippen molar-refractivity contribution < 1.29 is 14.5 Å². The lowest BCUT2D eigenvalue weighted by Gasteiger charge is -2.16. The number of carbonyl (C=O) groups is 1. The van der Waals surface area contributed by atoms with Crippen molar-refractivity contribution in [2.75, 3.05) is 0 Å². The standard InChI is InChI=1S/C11H21N2.C8H16O2/c1-10(2,3)12-7-8-13(9-12)11(4,5)6;1-3-5-6-7(4-2)8(9)10/h7-9H,1-6H3;7H,3-6H2,1-2H3,(H,9,10)/q+1;/p-1. The number of hydrogen-bond donors (Lipinski definition) is 0. The molecule has 4 heteroatoms. The molecule has 134 valence electrons. The largest absolute Gasteiger partial charge is 0.550 e. The molecule has 23 heavy (non-hydrogen) atoms. The minimum Gasteiger partial charge on any atom is -0.550 e. The molecule has 1 aromatic rings. The number of aromatic nitrogens is 2. The van der Waals surface area contributed by atoms with Crippen LogP contribution in [-0.4, -0.2) is 10.5 Å². The van der Waals surface area contributed by atoms with E-state index in [9.17, 15) is 9.90 Å². The Bertz CT molecular complexity index is 436. The average Bonchev–Trinajstić information content (AvgIpc) is 2.89. The van der Waals surface area contributed by atoms with Gasteiger partial charge < -0.3 is 9.90 Å². The second-order valence-corrected chi connectivity index (χ2v) is 8.14. The Morgan fingerprint density at radius 3 is 2.00 bits per heavy atom. The predicted molar refractivity (Wildman–Crippen MR) is 92.9 cm³/mol. The van der Waals surface area contributed by atoms with Gasteiger partial charge in [-0.3, -0.25) is 0 Å². The molecule has 4 nitrogen and oxygen atoms in total. The van der Waals surface area contributed by atoms with Gasteiger partial charge in [0, 0.05) is 5.97 Å². The summed E-state index contributed by atoms with van der Waals surface area (Å²) >= 11 is 0. The second kappa shape index (κ2) is 9.09. The highest BCUT2D eigenvalue weighted by Gasteiger charge is 2.24. The van der Waals surface area contributed by atoms with Crippen LogP contribution in [0.3, 0.4) is 0 Å². The highest BCUT2D eigenvalue weighted by Crippen LogP contribution is 2.13. The molecule has 0 radical (unpaired) electrons. The smallest absolute Gasteiger partial charge is 0.244 e. The fourth-order valence-electron chi connectivity index (χ4n) is 2.09. The van der Waals surface area contributed by atoms with E-state index in [1.54, 1.807) is 0 Å². The van der Waals surface area contributed by atoms with Gasteiger partial charge in [0.05, 0.1) is 0 Å². The third-order valence-electron chi connectivity index (χ3n) is 3.92. The van der Waals surface area contributed by atoms with E-state index in [1.165, 1.54) is 0 Å². The SMILES string of the molecule is CC(C)(C)n1cc[n+](C(C)(C)C)c1.CCCCC(CC)C(=O)[O-]. The van der Waals surface area contributed by atoms with Crippen molar-refractivity contribution in [3.8, 4) is 0 Å². The van der Waals surface area contributed by atoms with E-state index in [2.05, 4.69) is 76.3 Å². The Morgan fingerprint density at radius 1 is 1.17 bits per heavy atom. The van der Waals surface area contributed by atoms with E-state index < -0.39 is 5.97 Å². The van der Waals surface area contributed by atoms with Crippen LogP contribution in [0.5, 0.6) is 0 Å². The second-order valence-electron chi connectivity index (χ2n) is 8.14. The minimum absolute atomic E-state index is 0.177. The molecule has 1 atom stereocenters. The van der Waals surface area contributed by atoms with Crippen LogP contribution < -0.4 is 9.67 Å². The van der Waals surface area contributed by atoms with E-state index in [0.29, 0.717) is 6.42 Å². The predicted octanol–water partition coefficient (Wildman–Crippen LogP) is 3.24. The molecule has 0 saturated heterocycles. The normalized spacial score (nSPS) is 13.2. The molecule has 0 N–H and O–H groups in total. The summed E-state index contributed by atoms with van der Waals surface area (Å²) in [6.07, 6.45) is 9.95. The molecule has 0 amide bonds. The monoisotopic (exact) mass is 324 g/mol. The first kappa shape index (κ1) is 21.7. The lowest BCUT2D eigenvalue weighted by molar-refractivity contribution is -0.753. The Morgan fingerprint density at radius 2 is 1.74 bits per heavy atom. The first-order valence-corrected chi connectivity index (χ1v) is 8.74. The van der Waals surface area contributed by atoms with E-state index >= 15 is 0 Å². The summed E-state index contributed by atoms with van der Waals surface area (Å²) in [5.41, 5.74) is 0.354. The zero-order valence-electron chi connectivity index (χ0n) is 16.3. The van der Waals surface area contributed by atoms with Crippen molar-refractivity contribution in [1.29, 1.82) is 0 Å². The number of unbranched alkanes of at least 4 members (excludes halogenated alkanes) is 1. The summed E-state index contributed by atoms with van der Waals surface area (Å²) in [7, 11) is 0. The average molecular weight is 325 g/mol. The first-order chi connectivity index (χ1) is 10.4. The molecule has 1 aromatic heterocycles. The van der Waals surface area contributed by atoms with Gasteiger partial charge in [-0.15, -0.1) is 0 Å². The molecule has 1 heterocycles. The van der Waals surface area contributed by atoms with Crippen LogP contribution in [0.1, 0.15) is 81.1 Å². The maximum atomic E-state index is 10.3. The van der Waals surface area contributed by atoms with Gasteiger partial charge in [-0.2, -0.15) is 0 Å². The lowest BCUT2D eigenvalue weighted by Crippen LogP contribution is -2.48. The van der Waals surface area contributed by atoms with Gasteiger partial charge in [-0.25, -0.2) is 9.13 Å². The summed E-state index contributed by atoms with van der Waals surface area (Å²) in [4.78, 5) is 10.3. The zero-order chi connectivity index (χ0) is 18.3. The van der Waals surface area contributed by atoms with E-state index in [-0.39, 0.29) is 17.0 Å². The van der Waals surface area contributed by atoms with Gasteiger partial charge in [0.25, 0.3) is 0 Å². The van der Waals surface area contributed by atoms with Crippen LogP contribution >= 0.6 is 0 Å².